The number of methoxy groups -OCH3 is 1. The van der Waals surface area contributed by atoms with Gasteiger partial charge in [0.25, 0.3) is 5.56 Å². The number of rotatable bonds is 5. The molecule has 0 spiro atoms. The van der Waals surface area contributed by atoms with Crippen LogP contribution in [0.2, 0.25) is 0 Å². The van der Waals surface area contributed by atoms with E-state index < -0.39 is 0 Å². The van der Waals surface area contributed by atoms with Crippen molar-refractivity contribution in [2.24, 2.45) is 5.10 Å². The summed E-state index contributed by atoms with van der Waals surface area (Å²) in [6.07, 6.45) is 2.37. The van der Waals surface area contributed by atoms with Gasteiger partial charge in [0.2, 0.25) is 0 Å². The van der Waals surface area contributed by atoms with Crippen molar-refractivity contribution in [1.29, 1.82) is 0 Å². The molecule has 5 nitrogen and oxygen atoms in total. The van der Waals surface area contributed by atoms with Crippen molar-refractivity contribution in [3.05, 3.63) is 106 Å². The van der Waals surface area contributed by atoms with Crippen LogP contribution < -0.4 is 10.3 Å². The van der Waals surface area contributed by atoms with Gasteiger partial charge in [0.1, 0.15) is 11.6 Å². The summed E-state index contributed by atoms with van der Waals surface area (Å²) >= 11 is 0. The van der Waals surface area contributed by atoms with Gasteiger partial charge >= 0.3 is 0 Å². The lowest BCUT2D eigenvalue weighted by Crippen LogP contribution is -2.47. The second kappa shape index (κ2) is 8.32. The number of aromatic nitrogens is 2. The van der Waals surface area contributed by atoms with Gasteiger partial charge in [-0.05, 0) is 55.2 Å². The first kappa shape index (κ1) is 21.1. The van der Waals surface area contributed by atoms with Crippen molar-refractivity contribution in [3.63, 3.8) is 0 Å². The molecule has 4 aromatic rings. The summed E-state index contributed by atoms with van der Waals surface area (Å²) in [7, 11) is 1.67. The number of ether oxygens (including phenoxy) is 1. The molecule has 1 atom stereocenters. The van der Waals surface area contributed by atoms with E-state index in [1.165, 1.54) is 15.8 Å². The molecule has 0 saturated heterocycles. The summed E-state index contributed by atoms with van der Waals surface area (Å²) in [5.41, 5.74) is 4.74. The number of fused-ring (bicyclic) bond motifs is 1. The Labute approximate surface area is 193 Å². The molecular weight excluding hydrogens is 410 g/mol. The lowest BCUT2D eigenvalue weighted by atomic mass is 9.59. The summed E-state index contributed by atoms with van der Waals surface area (Å²) in [6, 6.07) is 24.3. The Kier molecular flexibility index (Phi) is 5.33. The Morgan fingerprint density at radius 1 is 1.00 bits per heavy atom. The predicted molar refractivity (Wildman–Crippen MR) is 132 cm³/mol. The normalized spacial score (nSPS) is 18.9. The molecule has 1 aromatic heterocycles. The lowest BCUT2D eigenvalue weighted by Gasteiger charge is -2.44. The van der Waals surface area contributed by atoms with Crippen LogP contribution in [0.1, 0.15) is 42.3 Å². The van der Waals surface area contributed by atoms with Crippen molar-refractivity contribution in [2.45, 2.75) is 38.5 Å². The van der Waals surface area contributed by atoms with Crippen LogP contribution in [0.15, 0.2) is 82.7 Å². The first-order valence-corrected chi connectivity index (χ1v) is 11.4. The van der Waals surface area contributed by atoms with Gasteiger partial charge in [-0.15, -0.1) is 0 Å². The summed E-state index contributed by atoms with van der Waals surface area (Å²) in [6.45, 7) is 4.10. The molecule has 3 aromatic carbocycles. The molecular formula is C28H27N3O2. The Morgan fingerprint density at radius 2 is 1.67 bits per heavy atom. The zero-order valence-corrected chi connectivity index (χ0v) is 19.2. The minimum Gasteiger partial charge on any atom is -0.497 e. The zero-order chi connectivity index (χ0) is 23.0. The molecule has 5 rings (SSSR count). The van der Waals surface area contributed by atoms with Crippen LogP contribution in [0.5, 0.6) is 5.75 Å². The fraction of sp³-hybridized carbons (Fsp3) is 0.250. The number of hydrogen-bond acceptors (Lipinski definition) is 4. The molecule has 1 heterocycles. The molecule has 1 fully saturated rings. The highest BCUT2D eigenvalue weighted by atomic mass is 16.5. The van der Waals surface area contributed by atoms with Gasteiger partial charge in [0.15, 0.2) is 0 Å². The van der Waals surface area contributed by atoms with Gasteiger partial charge in [-0.2, -0.15) is 9.78 Å². The Morgan fingerprint density at radius 3 is 2.27 bits per heavy atom. The minimum absolute atomic E-state index is 0.121. The monoisotopic (exact) mass is 437 g/mol. The van der Waals surface area contributed by atoms with Crippen molar-refractivity contribution in [1.82, 2.24) is 9.66 Å². The number of benzene rings is 3. The molecule has 0 bridgehead atoms. The quantitative estimate of drug-likeness (QED) is 0.428. The zero-order valence-electron chi connectivity index (χ0n) is 19.2. The second-order valence-electron chi connectivity index (χ2n) is 8.56. The highest BCUT2D eigenvalue weighted by molar-refractivity contribution is 6.03. The van der Waals surface area contributed by atoms with Crippen molar-refractivity contribution >= 4 is 16.6 Å². The molecule has 1 aliphatic carbocycles. The maximum atomic E-state index is 13.4. The fourth-order valence-corrected chi connectivity index (χ4v) is 4.75. The Hall–Kier alpha value is -3.73. The van der Waals surface area contributed by atoms with E-state index in [0.29, 0.717) is 23.1 Å². The molecule has 33 heavy (non-hydrogen) atoms. The number of nitrogens with zero attached hydrogens (tertiary/aromatic N) is 3. The first-order chi connectivity index (χ1) is 16.1. The average molecular weight is 438 g/mol. The van der Waals surface area contributed by atoms with Crippen LogP contribution in [0.3, 0.4) is 0 Å². The van der Waals surface area contributed by atoms with Gasteiger partial charge in [-0.1, -0.05) is 61.0 Å². The number of hydrogen-bond donors (Lipinski definition) is 0. The minimum atomic E-state index is -0.379. The maximum absolute atomic E-state index is 13.4. The number of para-hydroxylation sites is 1. The predicted octanol–water partition coefficient (Wildman–Crippen LogP) is 5.26. The summed E-state index contributed by atoms with van der Waals surface area (Å²) in [5.74, 6) is 1.49. The Balaban J connectivity index is 1.72. The molecule has 0 amide bonds. The largest absolute Gasteiger partial charge is 0.497 e. The lowest BCUT2D eigenvalue weighted by molar-refractivity contribution is 0.414. The van der Waals surface area contributed by atoms with Gasteiger partial charge in [0.05, 0.1) is 29.1 Å². The molecule has 0 aliphatic heterocycles. The molecule has 1 aliphatic rings. The molecule has 1 saturated carbocycles. The third kappa shape index (κ3) is 3.44. The summed E-state index contributed by atoms with van der Waals surface area (Å²) in [5, 5.41) is 5.57. The standard InChI is InChI=1S/C28H27N3O2/c1-4-26-29-24-8-6-5-7-23(24)27(32)31(26)30-25-17-18-28(25,20-11-9-19(2)10-12-20)21-13-15-22(33-3)16-14-21/h5-16H,4,17-18H2,1-3H3/b30-25+. The van der Waals surface area contributed by atoms with Crippen LogP contribution in [-0.4, -0.2) is 22.5 Å². The van der Waals surface area contributed by atoms with Gasteiger partial charge < -0.3 is 4.74 Å². The van der Waals surface area contributed by atoms with E-state index in [-0.39, 0.29) is 11.0 Å². The summed E-state index contributed by atoms with van der Waals surface area (Å²) in [4.78, 5) is 18.1. The van der Waals surface area contributed by atoms with E-state index in [2.05, 4.69) is 43.3 Å². The van der Waals surface area contributed by atoms with E-state index in [9.17, 15) is 4.79 Å². The highest BCUT2D eigenvalue weighted by Crippen LogP contribution is 2.47. The Bertz CT molecular complexity index is 1400. The van der Waals surface area contributed by atoms with Crippen LogP contribution in [0.25, 0.3) is 10.9 Å². The summed E-state index contributed by atoms with van der Waals surface area (Å²) < 4.78 is 6.90. The number of aryl methyl sites for hydroxylation is 2. The molecule has 0 radical (unpaired) electrons. The molecule has 5 heteroatoms. The smallest absolute Gasteiger partial charge is 0.282 e. The van der Waals surface area contributed by atoms with Crippen molar-refractivity contribution in [3.8, 4) is 5.75 Å². The van der Waals surface area contributed by atoms with Gasteiger partial charge in [-0.3, -0.25) is 4.79 Å². The van der Waals surface area contributed by atoms with Crippen LogP contribution in [-0.2, 0) is 11.8 Å². The third-order valence-corrected chi connectivity index (χ3v) is 6.71. The van der Waals surface area contributed by atoms with Crippen LogP contribution in [0.4, 0.5) is 0 Å². The van der Waals surface area contributed by atoms with E-state index in [1.807, 2.05) is 43.3 Å². The van der Waals surface area contributed by atoms with Gasteiger partial charge in [0, 0.05) is 6.42 Å². The van der Waals surface area contributed by atoms with Crippen LogP contribution in [0, 0.1) is 6.92 Å². The van der Waals surface area contributed by atoms with E-state index >= 15 is 0 Å². The third-order valence-electron chi connectivity index (χ3n) is 6.71. The van der Waals surface area contributed by atoms with E-state index in [0.717, 1.165) is 29.9 Å². The second-order valence-corrected chi connectivity index (χ2v) is 8.56. The first-order valence-electron chi connectivity index (χ1n) is 11.4. The van der Waals surface area contributed by atoms with Crippen LogP contribution >= 0.6 is 0 Å². The molecule has 0 N–H and O–H groups in total. The maximum Gasteiger partial charge on any atom is 0.282 e. The topological polar surface area (TPSA) is 56.5 Å². The van der Waals surface area contributed by atoms with E-state index in [4.69, 9.17) is 14.8 Å². The van der Waals surface area contributed by atoms with E-state index in [1.54, 1.807) is 7.11 Å². The molecule has 1 unspecified atom stereocenters. The average Bonchev–Trinajstić information content (AvgIpc) is 2.84. The SMILES string of the molecule is CCc1nc2ccccc2c(=O)n1/N=C1\CCC1(c1ccc(C)cc1)c1ccc(OC)cc1. The van der Waals surface area contributed by atoms with Gasteiger partial charge in [-0.25, -0.2) is 4.98 Å². The molecule has 166 valence electrons. The van der Waals surface area contributed by atoms with Crippen molar-refractivity contribution in [2.75, 3.05) is 7.11 Å². The van der Waals surface area contributed by atoms with Crippen molar-refractivity contribution < 1.29 is 4.74 Å². The fourth-order valence-electron chi connectivity index (χ4n) is 4.75. The highest BCUT2D eigenvalue weighted by Gasteiger charge is 2.47.